The smallest absolute Gasteiger partial charge is 0.0494 e. The first-order valence-corrected chi connectivity index (χ1v) is 14.7. The monoisotopic (exact) mass is 560 g/mol. The van der Waals surface area contributed by atoms with Gasteiger partial charge in [0.2, 0.25) is 0 Å². The molecule has 6 rings (SSSR count). The maximum atomic E-state index is 4.23. The molecular formula is C39H36N4. The zero-order chi connectivity index (χ0) is 30.1. The molecule has 3 aromatic carbocycles. The fourth-order valence-corrected chi connectivity index (χ4v) is 6.04. The third-order valence-electron chi connectivity index (χ3n) is 8.33. The van der Waals surface area contributed by atoms with E-state index in [2.05, 4.69) is 134 Å². The van der Waals surface area contributed by atoms with Crippen LogP contribution in [0.3, 0.4) is 0 Å². The maximum absolute atomic E-state index is 4.23. The van der Waals surface area contributed by atoms with Crippen molar-refractivity contribution in [2.45, 2.75) is 41.5 Å². The maximum Gasteiger partial charge on any atom is 0.0494 e. The van der Waals surface area contributed by atoms with Gasteiger partial charge in [0.15, 0.2) is 0 Å². The summed E-state index contributed by atoms with van der Waals surface area (Å²) in [7, 11) is 0. The largest absolute Gasteiger partial charge is 0.310 e. The van der Waals surface area contributed by atoms with E-state index in [4.69, 9.17) is 0 Å². The first-order chi connectivity index (χ1) is 20.8. The predicted molar refractivity (Wildman–Crippen MR) is 179 cm³/mol. The molecule has 0 saturated heterocycles. The predicted octanol–water partition coefficient (Wildman–Crippen LogP) is 10.2. The van der Waals surface area contributed by atoms with Crippen molar-refractivity contribution in [3.63, 3.8) is 0 Å². The molecule has 0 bridgehead atoms. The zero-order valence-electron chi connectivity index (χ0n) is 25.7. The van der Waals surface area contributed by atoms with Crippen LogP contribution in [-0.4, -0.2) is 15.0 Å². The molecule has 0 unspecified atom stereocenters. The van der Waals surface area contributed by atoms with Crippen LogP contribution in [0.1, 0.15) is 33.4 Å². The molecule has 0 saturated carbocycles. The standard InChI is InChI=1S/C39H36N4/c1-25-22-37(28(4)19-34(25)31-7-13-40-14-8-31)43(38-23-26(2)35(20-29(38)5)32-9-15-41-16-10-32)39-24-27(3)36(21-30(39)6)33-11-17-42-18-12-33/h7-24H,1-6H3. The van der Waals surface area contributed by atoms with Crippen molar-refractivity contribution in [2.24, 2.45) is 0 Å². The van der Waals surface area contributed by atoms with Gasteiger partial charge in [0, 0.05) is 54.2 Å². The molecule has 4 heteroatoms. The number of anilines is 3. The van der Waals surface area contributed by atoms with Gasteiger partial charge in [-0.2, -0.15) is 0 Å². The van der Waals surface area contributed by atoms with Gasteiger partial charge >= 0.3 is 0 Å². The average molecular weight is 561 g/mol. The molecule has 43 heavy (non-hydrogen) atoms. The molecule has 0 spiro atoms. The molecule has 6 aromatic rings. The number of hydrogen-bond acceptors (Lipinski definition) is 4. The van der Waals surface area contributed by atoms with Gasteiger partial charge < -0.3 is 4.90 Å². The van der Waals surface area contributed by atoms with E-state index < -0.39 is 0 Å². The van der Waals surface area contributed by atoms with Crippen molar-refractivity contribution >= 4 is 17.1 Å². The van der Waals surface area contributed by atoms with Gasteiger partial charge in [-0.1, -0.05) is 0 Å². The van der Waals surface area contributed by atoms with Crippen molar-refractivity contribution in [3.8, 4) is 33.4 Å². The van der Waals surface area contributed by atoms with Crippen molar-refractivity contribution in [2.75, 3.05) is 4.90 Å². The van der Waals surface area contributed by atoms with E-state index in [-0.39, 0.29) is 0 Å². The van der Waals surface area contributed by atoms with Crippen LogP contribution < -0.4 is 4.90 Å². The Hall–Kier alpha value is -5.09. The Balaban J connectivity index is 1.57. The third kappa shape index (κ3) is 5.44. The van der Waals surface area contributed by atoms with Crippen LogP contribution in [-0.2, 0) is 0 Å². The second kappa shape index (κ2) is 11.7. The molecule has 4 nitrogen and oxygen atoms in total. The van der Waals surface area contributed by atoms with E-state index in [1.54, 1.807) is 0 Å². The van der Waals surface area contributed by atoms with Gasteiger partial charge in [0.25, 0.3) is 0 Å². The van der Waals surface area contributed by atoms with Crippen molar-refractivity contribution < 1.29 is 0 Å². The van der Waals surface area contributed by atoms with Gasteiger partial charge in [-0.25, -0.2) is 0 Å². The summed E-state index contributed by atoms with van der Waals surface area (Å²) in [5.74, 6) is 0. The van der Waals surface area contributed by atoms with E-state index in [0.29, 0.717) is 0 Å². The third-order valence-corrected chi connectivity index (χ3v) is 8.33. The van der Waals surface area contributed by atoms with Gasteiger partial charge in [-0.05, 0) is 181 Å². The molecule has 3 aromatic heterocycles. The fourth-order valence-electron chi connectivity index (χ4n) is 6.04. The van der Waals surface area contributed by atoms with Crippen LogP contribution in [0.15, 0.2) is 110 Å². The minimum Gasteiger partial charge on any atom is -0.310 e. The van der Waals surface area contributed by atoms with E-state index in [0.717, 1.165) is 0 Å². The second-order valence-electron chi connectivity index (χ2n) is 11.4. The minimum atomic E-state index is 1.17. The van der Waals surface area contributed by atoms with E-state index in [9.17, 15) is 0 Å². The Bertz CT molecular complexity index is 1690. The molecule has 212 valence electrons. The highest BCUT2D eigenvalue weighted by molar-refractivity contribution is 5.87. The molecule has 3 heterocycles. The molecule has 0 aliphatic carbocycles. The molecule has 0 N–H and O–H groups in total. The van der Waals surface area contributed by atoms with Gasteiger partial charge in [-0.3, -0.25) is 15.0 Å². The first-order valence-electron chi connectivity index (χ1n) is 14.7. The first kappa shape index (κ1) is 28.0. The van der Waals surface area contributed by atoms with Gasteiger partial charge in [0.05, 0.1) is 0 Å². The molecule has 0 amide bonds. The van der Waals surface area contributed by atoms with Crippen LogP contribution >= 0.6 is 0 Å². The van der Waals surface area contributed by atoms with Crippen LogP contribution in [0.25, 0.3) is 33.4 Å². The highest BCUT2D eigenvalue weighted by Crippen LogP contribution is 2.45. The number of rotatable bonds is 6. The summed E-state index contributed by atoms with van der Waals surface area (Å²) in [5, 5.41) is 0. The molecule has 0 atom stereocenters. The summed E-state index contributed by atoms with van der Waals surface area (Å²) in [6.07, 6.45) is 11.2. The lowest BCUT2D eigenvalue weighted by Crippen LogP contribution is -2.15. The Kier molecular flexibility index (Phi) is 7.60. The Morgan fingerprint density at radius 2 is 0.605 bits per heavy atom. The number of benzene rings is 3. The molecular weight excluding hydrogens is 524 g/mol. The number of nitrogens with zero attached hydrogens (tertiary/aromatic N) is 4. The number of aromatic nitrogens is 3. The minimum absolute atomic E-state index is 1.17. The zero-order valence-corrected chi connectivity index (χ0v) is 25.7. The highest BCUT2D eigenvalue weighted by Gasteiger charge is 2.22. The SMILES string of the molecule is Cc1cc(N(c2cc(C)c(-c3ccncc3)cc2C)c2cc(C)c(-c3ccncc3)cc2C)c(C)cc1-c1ccncc1. The molecule has 0 fully saturated rings. The summed E-state index contributed by atoms with van der Waals surface area (Å²) in [5.41, 5.74) is 18.0. The van der Waals surface area contributed by atoms with E-state index in [1.807, 2.05) is 37.2 Å². The summed E-state index contributed by atoms with van der Waals surface area (Å²) in [4.78, 5) is 15.1. The Labute approximate surface area is 254 Å². The van der Waals surface area contributed by atoms with Crippen LogP contribution in [0.5, 0.6) is 0 Å². The van der Waals surface area contributed by atoms with E-state index in [1.165, 1.54) is 83.8 Å². The average Bonchev–Trinajstić information content (AvgIpc) is 3.03. The van der Waals surface area contributed by atoms with Crippen LogP contribution in [0.2, 0.25) is 0 Å². The quantitative estimate of drug-likeness (QED) is 0.203. The highest BCUT2D eigenvalue weighted by atomic mass is 15.1. The van der Waals surface area contributed by atoms with Crippen LogP contribution in [0.4, 0.5) is 17.1 Å². The lowest BCUT2D eigenvalue weighted by atomic mass is 9.93. The summed E-state index contributed by atoms with van der Waals surface area (Å²) < 4.78 is 0. The van der Waals surface area contributed by atoms with Crippen LogP contribution in [0, 0.1) is 41.5 Å². The van der Waals surface area contributed by atoms with Crippen molar-refractivity contribution in [3.05, 3.63) is 143 Å². The van der Waals surface area contributed by atoms with Crippen molar-refractivity contribution in [1.82, 2.24) is 15.0 Å². The summed E-state index contributed by atoms with van der Waals surface area (Å²) in [6.45, 7) is 13.2. The number of pyridine rings is 3. The summed E-state index contributed by atoms with van der Waals surface area (Å²) >= 11 is 0. The van der Waals surface area contributed by atoms with Gasteiger partial charge in [0.1, 0.15) is 0 Å². The van der Waals surface area contributed by atoms with Crippen molar-refractivity contribution in [1.29, 1.82) is 0 Å². The Morgan fingerprint density at radius 1 is 0.349 bits per heavy atom. The number of hydrogen-bond donors (Lipinski definition) is 0. The molecule has 0 aliphatic rings. The normalized spacial score (nSPS) is 11.0. The van der Waals surface area contributed by atoms with Gasteiger partial charge in [-0.15, -0.1) is 0 Å². The van der Waals surface area contributed by atoms with E-state index >= 15 is 0 Å². The topological polar surface area (TPSA) is 41.9 Å². The molecule has 0 aliphatic heterocycles. The number of aryl methyl sites for hydroxylation is 6. The summed E-state index contributed by atoms with van der Waals surface area (Å²) in [6, 6.07) is 26.4. The fraction of sp³-hybridized carbons (Fsp3) is 0.154. The Morgan fingerprint density at radius 3 is 0.860 bits per heavy atom. The molecule has 0 radical (unpaired) electrons. The second-order valence-corrected chi connectivity index (χ2v) is 11.4. The lowest BCUT2D eigenvalue weighted by Gasteiger charge is -2.32. The lowest BCUT2D eigenvalue weighted by molar-refractivity contribution is 1.18.